The van der Waals surface area contributed by atoms with Crippen molar-refractivity contribution < 1.29 is 13.4 Å². The molecule has 2 aromatic heterocycles. The number of furan rings is 1. The molecule has 0 fully saturated rings. The summed E-state index contributed by atoms with van der Waals surface area (Å²) in [6.45, 7) is 6.68. The molecule has 0 saturated heterocycles. The molecule has 0 unspecified atom stereocenters. The Morgan fingerprint density at radius 3 is 2.36 bits per heavy atom. The van der Waals surface area contributed by atoms with Crippen molar-refractivity contribution in [1.82, 2.24) is 0 Å². The minimum atomic E-state index is -0.248. The molecule has 33 heavy (non-hydrogen) atoms. The molecule has 2 heterocycles. The minimum Gasteiger partial charge on any atom is -0.454 e. The van der Waals surface area contributed by atoms with E-state index in [4.69, 9.17) is 4.42 Å². The Balaban J connectivity index is 1.64. The molecular formula is C30H27FNO+. The molecule has 0 bridgehead atoms. The first kappa shape index (κ1) is 20.2. The highest BCUT2D eigenvalue weighted by molar-refractivity contribution is 6.13. The van der Waals surface area contributed by atoms with Gasteiger partial charge in [0.25, 0.3) is 0 Å². The van der Waals surface area contributed by atoms with Gasteiger partial charge in [0.2, 0.25) is 5.69 Å². The fourth-order valence-corrected chi connectivity index (χ4v) is 5.56. The predicted octanol–water partition coefficient (Wildman–Crippen LogP) is 7.32. The second-order valence-corrected chi connectivity index (χ2v) is 10.2. The molecule has 3 heteroatoms. The van der Waals surface area contributed by atoms with Crippen LogP contribution in [0.1, 0.15) is 30.5 Å². The number of hydrogen-bond acceptors (Lipinski definition) is 1. The summed E-state index contributed by atoms with van der Waals surface area (Å²) in [5.74, 6) is -0.248. The Morgan fingerprint density at radius 2 is 1.58 bits per heavy atom. The molecule has 0 aliphatic heterocycles. The minimum absolute atomic E-state index is 0.248. The average molecular weight is 437 g/mol. The van der Waals surface area contributed by atoms with E-state index in [1.165, 1.54) is 11.1 Å². The summed E-state index contributed by atoms with van der Waals surface area (Å²) in [4.78, 5) is 0. The van der Waals surface area contributed by atoms with E-state index in [-0.39, 0.29) is 11.2 Å². The third-order valence-electron chi connectivity index (χ3n) is 7.11. The number of rotatable bonds is 2. The van der Waals surface area contributed by atoms with Gasteiger partial charge in [0.05, 0.1) is 11.1 Å². The van der Waals surface area contributed by atoms with Crippen LogP contribution < -0.4 is 4.57 Å². The monoisotopic (exact) mass is 436 g/mol. The molecule has 3 aromatic carbocycles. The van der Waals surface area contributed by atoms with E-state index in [9.17, 15) is 0 Å². The van der Waals surface area contributed by atoms with Crippen LogP contribution in [0.2, 0.25) is 0 Å². The molecule has 6 rings (SSSR count). The van der Waals surface area contributed by atoms with Crippen molar-refractivity contribution in [3.63, 3.8) is 0 Å². The molecular weight excluding hydrogens is 409 g/mol. The number of aryl methyl sites for hydroxylation is 2. The van der Waals surface area contributed by atoms with Gasteiger partial charge < -0.3 is 4.42 Å². The van der Waals surface area contributed by atoms with Crippen LogP contribution in [0.4, 0.5) is 4.39 Å². The molecule has 2 nitrogen and oxygen atoms in total. The smallest absolute Gasteiger partial charge is 0.216 e. The normalized spacial score (nSPS) is 14.8. The van der Waals surface area contributed by atoms with Gasteiger partial charge in [-0.25, -0.2) is 8.96 Å². The Bertz CT molecular complexity index is 1570. The maximum atomic E-state index is 15.3. The van der Waals surface area contributed by atoms with Crippen molar-refractivity contribution in [2.24, 2.45) is 12.5 Å². The summed E-state index contributed by atoms with van der Waals surface area (Å²) in [5.41, 5.74) is 9.05. The zero-order valence-corrected chi connectivity index (χ0v) is 19.5. The molecule has 164 valence electrons. The number of pyridine rings is 1. The van der Waals surface area contributed by atoms with Crippen LogP contribution in [-0.2, 0) is 19.9 Å². The number of hydrogen-bond donors (Lipinski definition) is 0. The average Bonchev–Trinajstić information content (AvgIpc) is 3.29. The second kappa shape index (κ2) is 7.02. The zero-order chi connectivity index (χ0) is 22.9. The molecule has 1 aliphatic rings. The van der Waals surface area contributed by atoms with Crippen LogP contribution in [0.5, 0.6) is 0 Å². The van der Waals surface area contributed by atoms with E-state index >= 15 is 4.39 Å². The van der Waals surface area contributed by atoms with Gasteiger partial charge in [-0.15, -0.1) is 0 Å². The van der Waals surface area contributed by atoms with Gasteiger partial charge in [0.1, 0.15) is 24.0 Å². The third kappa shape index (κ3) is 3.10. The molecule has 0 spiro atoms. The predicted molar refractivity (Wildman–Crippen MR) is 132 cm³/mol. The highest BCUT2D eigenvalue weighted by Crippen LogP contribution is 2.43. The molecule has 5 aromatic rings. The zero-order valence-electron chi connectivity index (χ0n) is 19.5. The first-order valence-electron chi connectivity index (χ1n) is 11.5. The van der Waals surface area contributed by atoms with E-state index in [1.54, 1.807) is 6.07 Å². The SMILES string of the molecule is Cc1ccc2c(oc3c(-c4ccc5c(c4)CC(C)(C)C5)c(F)ccc32)c1-c1cccc[n+]1C. The number of halogens is 1. The summed E-state index contributed by atoms with van der Waals surface area (Å²) in [5, 5.41) is 1.96. The number of benzene rings is 3. The van der Waals surface area contributed by atoms with E-state index < -0.39 is 0 Å². The molecule has 0 amide bonds. The maximum Gasteiger partial charge on any atom is 0.216 e. The van der Waals surface area contributed by atoms with E-state index in [1.807, 2.05) is 31.4 Å². The van der Waals surface area contributed by atoms with Gasteiger partial charge in [-0.05, 0) is 65.6 Å². The summed E-state index contributed by atoms with van der Waals surface area (Å²) >= 11 is 0. The quantitative estimate of drug-likeness (QED) is 0.265. The van der Waals surface area contributed by atoms with Crippen molar-refractivity contribution >= 4 is 21.9 Å². The largest absolute Gasteiger partial charge is 0.454 e. The van der Waals surface area contributed by atoms with Crippen LogP contribution in [0.3, 0.4) is 0 Å². The molecule has 0 radical (unpaired) electrons. The van der Waals surface area contributed by atoms with Crippen LogP contribution >= 0.6 is 0 Å². The van der Waals surface area contributed by atoms with E-state index in [2.05, 4.69) is 61.7 Å². The van der Waals surface area contributed by atoms with Crippen LogP contribution in [0, 0.1) is 18.2 Å². The van der Waals surface area contributed by atoms with Crippen LogP contribution in [0.15, 0.2) is 71.3 Å². The first-order valence-corrected chi connectivity index (χ1v) is 11.5. The van der Waals surface area contributed by atoms with Crippen LogP contribution in [-0.4, -0.2) is 0 Å². The first-order chi connectivity index (χ1) is 15.8. The highest BCUT2D eigenvalue weighted by atomic mass is 19.1. The van der Waals surface area contributed by atoms with Crippen molar-refractivity contribution in [3.05, 3.63) is 89.4 Å². The van der Waals surface area contributed by atoms with Gasteiger partial charge in [-0.3, -0.25) is 0 Å². The third-order valence-corrected chi connectivity index (χ3v) is 7.11. The molecule has 0 atom stereocenters. The number of nitrogens with zero attached hydrogens (tertiary/aromatic N) is 1. The standard InChI is InChI=1S/C30H27FNO/c1-18-8-11-22-23-12-13-24(31)27(19-9-10-20-16-30(2,3)17-21(20)15-19)29(23)33-28(22)26(18)25-7-5-6-14-32(25)4/h5-15H,16-17H2,1-4H3/q+1. The summed E-state index contributed by atoms with van der Waals surface area (Å²) in [6, 6.07) is 20.2. The summed E-state index contributed by atoms with van der Waals surface area (Å²) < 4.78 is 24.0. The fraction of sp³-hybridized carbons (Fsp3) is 0.233. The molecule has 0 saturated carbocycles. The number of fused-ring (bicyclic) bond motifs is 4. The van der Waals surface area contributed by atoms with Gasteiger partial charge in [-0.1, -0.05) is 44.2 Å². The summed E-state index contributed by atoms with van der Waals surface area (Å²) in [6.07, 6.45) is 4.12. The number of aromatic nitrogens is 1. The lowest BCUT2D eigenvalue weighted by molar-refractivity contribution is -0.660. The van der Waals surface area contributed by atoms with Crippen molar-refractivity contribution in [2.75, 3.05) is 0 Å². The highest BCUT2D eigenvalue weighted by Gasteiger charge is 2.29. The lowest BCUT2D eigenvalue weighted by Crippen LogP contribution is -2.30. The Labute approximate surface area is 193 Å². The van der Waals surface area contributed by atoms with Gasteiger partial charge in [0.15, 0.2) is 6.20 Å². The van der Waals surface area contributed by atoms with E-state index in [0.717, 1.165) is 51.6 Å². The van der Waals surface area contributed by atoms with Gasteiger partial charge in [0, 0.05) is 22.9 Å². The van der Waals surface area contributed by atoms with Crippen LogP contribution in [0.25, 0.3) is 44.3 Å². The lowest BCUT2D eigenvalue weighted by atomic mass is 9.90. The Kier molecular flexibility index (Phi) is 4.29. The van der Waals surface area contributed by atoms with Crippen molar-refractivity contribution in [1.29, 1.82) is 0 Å². The summed E-state index contributed by atoms with van der Waals surface area (Å²) in [7, 11) is 2.04. The molecule has 0 N–H and O–H groups in total. The Hall–Kier alpha value is -3.46. The topological polar surface area (TPSA) is 17.0 Å². The second-order valence-electron chi connectivity index (χ2n) is 10.2. The molecule has 1 aliphatic carbocycles. The van der Waals surface area contributed by atoms with Gasteiger partial charge in [-0.2, -0.15) is 0 Å². The van der Waals surface area contributed by atoms with Crippen molar-refractivity contribution in [2.45, 2.75) is 33.6 Å². The van der Waals surface area contributed by atoms with E-state index in [0.29, 0.717) is 11.1 Å². The fourth-order valence-electron chi connectivity index (χ4n) is 5.56. The van der Waals surface area contributed by atoms with Gasteiger partial charge >= 0.3 is 0 Å². The lowest BCUT2D eigenvalue weighted by Gasteiger charge is -2.14. The van der Waals surface area contributed by atoms with Crippen molar-refractivity contribution in [3.8, 4) is 22.4 Å². The Morgan fingerprint density at radius 1 is 0.848 bits per heavy atom. The maximum absolute atomic E-state index is 15.3.